The molecule has 2 aromatic rings. The predicted octanol–water partition coefficient (Wildman–Crippen LogP) is 1.76. The third kappa shape index (κ3) is 2.34. The van der Waals surface area contributed by atoms with Crippen LogP contribution < -0.4 is 15.2 Å². The SMILES string of the molecule is COc1ccc(-c2cc(C)[nH]c(=O)n2)c(OC)c1. The number of hydrogen-bond donors (Lipinski definition) is 1. The van der Waals surface area contributed by atoms with Gasteiger partial charge in [0.2, 0.25) is 0 Å². The van der Waals surface area contributed by atoms with Gasteiger partial charge in [-0.2, -0.15) is 4.98 Å². The first-order chi connectivity index (χ1) is 8.63. The van der Waals surface area contributed by atoms with Crippen LogP contribution in [0.5, 0.6) is 11.5 Å². The number of H-pyrrole nitrogens is 1. The van der Waals surface area contributed by atoms with Crippen molar-refractivity contribution in [2.24, 2.45) is 0 Å². The molecule has 2 rings (SSSR count). The Kier molecular flexibility index (Phi) is 3.32. The average Bonchev–Trinajstić information content (AvgIpc) is 2.36. The average molecular weight is 246 g/mol. The van der Waals surface area contributed by atoms with Crippen LogP contribution in [0.25, 0.3) is 11.3 Å². The summed E-state index contributed by atoms with van der Waals surface area (Å²) >= 11 is 0. The van der Waals surface area contributed by atoms with Crippen LogP contribution in [-0.4, -0.2) is 24.2 Å². The van der Waals surface area contributed by atoms with Gasteiger partial charge in [0.05, 0.1) is 19.9 Å². The van der Waals surface area contributed by atoms with E-state index in [1.807, 2.05) is 13.0 Å². The van der Waals surface area contributed by atoms with E-state index in [-0.39, 0.29) is 5.69 Å². The first kappa shape index (κ1) is 12.2. The van der Waals surface area contributed by atoms with Gasteiger partial charge in [0.15, 0.2) is 0 Å². The van der Waals surface area contributed by atoms with Crippen molar-refractivity contribution in [2.75, 3.05) is 14.2 Å². The zero-order valence-corrected chi connectivity index (χ0v) is 10.5. The monoisotopic (exact) mass is 246 g/mol. The van der Waals surface area contributed by atoms with Gasteiger partial charge in [-0.3, -0.25) is 0 Å². The molecule has 0 aliphatic rings. The van der Waals surface area contributed by atoms with E-state index in [1.165, 1.54) is 0 Å². The molecule has 0 unspecified atom stereocenters. The van der Waals surface area contributed by atoms with Gasteiger partial charge in [0, 0.05) is 17.3 Å². The van der Waals surface area contributed by atoms with E-state index in [9.17, 15) is 4.79 Å². The summed E-state index contributed by atoms with van der Waals surface area (Å²) in [6.45, 7) is 1.81. The van der Waals surface area contributed by atoms with Crippen LogP contribution in [0.1, 0.15) is 5.69 Å². The Balaban J connectivity index is 2.59. The molecule has 0 fully saturated rings. The Labute approximate surface area is 104 Å². The molecule has 0 bridgehead atoms. The molecule has 1 aromatic carbocycles. The normalized spacial score (nSPS) is 10.2. The Hall–Kier alpha value is -2.30. The number of nitrogens with zero attached hydrogens (tertiary/aromatic N) is 1. The maximum absolute atomic E-state index is 11.4. The summed E-state index contributed by atoms with van der Waals surface area (Å²) in [6.07, 6.45) is 0. The van der Waals surface area contributed by atoms with E-state index in [4.69, 9.17) is 9.47 Å². The molecule has 0 aliphatic heterocycles. The van der Waals surface area contributed by atoms with Gasteiger partial charge in [-0.1, -0.05) is 0 Å². The van der Waals surface area contributed by atoms with Crippen LogP contribution in [0.2, 0.25) is 0 Å². The number of nitrogens with one attached hydrogen (secondary N) is 1. The van der Waals surface area contributed by atoms with E-state index in [0.717, 1.165) is 11.3 Å². The largest absolute Gasteiger partial charge is 0.497 e. The molecule has 0 amide bonds. The number of rotatable bonds is 3. The molecule has 0 aliphatic carbocycles. The first-order valence-electron chi connectivity index (χ1n) is 5.44. The van der Waals surface area contributed by atoms with Gasteiger partial charge >= 0.3 is 5.69 Å². The van der Waals surface area contributed by atoms with Gasteiger partial charge in [-0.15, -0.1) is 0 Å². The molecule has 0 radical (unpaired) electrons. The summed E-state index contributed by atoms with van der Waals surface area (Å²) in [7, 11) is 3.16. The number of aromatic nitrogens is 2. The van der Waals surface area contributed by atoms with E-state index in [2.05, 4.69) is 9.97 Å². The lowest BCUT2D eigenvalue weighted by atomic mass is 10.1. The second kappa shape index (κ2) is 4.91. The number of methoxy groups -OCH3 is 2. The number of benzene rings is 1. The van der Waals surface area contributed by atoms with Crippen molar-refractivity contribution < 1.29 is 9.47 Å². The summed E-state index contributed by atoms with van der Waals surface area (Å²) in [5.41, 5.74) is 1.72. The topological polar surface area (TPSA) is 64.2 Å². The summed E-state index contributed by atoms with van der Waals surface area (Å²) < 4.78 is 10.4. The lowest BCUT2D eigenvalue weighted by Gasteiger charge is -2.09. The maximum atomic E-state index is 11.4. The van der Waals surface area contributed by atoms with Crippen molar-refractivity contribution in [1.29, 1.82) is 0 Å². The third-order valence-electron chi connectivity index (χ3n) is 2.56. The maximum Gasteiger partial charge on any atom is 0.345 e. The molecule has 0 spiro atoms. The second-order valence-corrected chi connectivity index (χ2v) is 3.82. The summed E-state index contributed by atoms with van der Waals surface area (Å²) in [5, 5.41) is 0. The second-order valence-electron chi connectivity index (χ2n) is 3.82. The van der Waals surface area contributed by atoms with Crippen molar-refractivity contribution in [2.45, 2.75) is 6.92 Å². The van der Waals surface area contributed by atoms with Gasteiger partial charge in [0.25, 0.3) is 0 Å². The van der Waals surface area contributed by atoms with Gasteiger partial charge < -0.3 is 14.5 Å². The fourth-order valence-corrected chi connectivity index (χ4v) is 1.73. The predicted molar refractivity (Wildman–Crippen MR) is 68.1 cm³/mol. The van der Waals surface area contributed by atoms with Gasteiger partial charge in [-0.25, -0.2) is 4.79 Å². The van der Waals surface area contributed by atoms with Gasteiger partial charge in [0.1, 0.15) is 11.5 Å². The van der Waals surface area contributed by atoms with Crippen LogP contribution >= 0.6 is 0 Å². The molecule has 18 heavy (non-hydrogen) atoms. The molecular weight excluding hydrogens is 232 g/mol. The van der Waals surface area contributed by atoms with Crippen molar-refractivity contribution in [3.8, 4) is 22.8 Å². The van der Waals surface area contributed by atoms with Crippen LogP contribution in [0.4, 0.5) is 0 Å². The zero-order valence-electron chi connectivity index (χ0n) is 10.5. The molecule has 0 atom stereocenters. The molecule has 1 aromatic heterocycles. The highest BCUT2D eigenvalue weighted by atomic mass is 16.5. The van der Waals surface area contributed by atoms with E-state index in [0.29, 0.717) is 17.2 Å². The van der Waals surface area contributed by atoms with Crippen LogP contribution in [0.15, 0.2) is 29.1 Å². The number of aryl methyl sites for hydroxylation is 1. The summed E-state index contributed by atoms with van der Waals surface area (Å²) in [5.74, 6) is 1.31. The van der Waals surface area contributed by atoms with Crippen molar-refractivity contribution in [1.82, 2.24) is 9.97 Å². The van der Waals surface area contributed by atoms with E-state index >= 15 is 0 Å². The quantitative estimate of drug-likeness (QED) is 0.896. The fraction of sp³-hybridized carbons (Fsp3) is 0.231. The van der Waals surface area contributed by atoms with E-state index < -0.39 is 0 Å². The molecule has 0 saturated heterocycles. The minimum atomic E-state index is -0.372. The third-order valence-corrected chi connectivity index (χ3v) is 2.56. The molecule has 5 heteroatoms. The van der Waals surface area contributed by atoms with Crippen LogP contribution in [-0.2, 0) is 0 Å². The molecular formula is C13H14N2O3. The van der Waals surface area contributed by atoms with Gasteiger partial charge in [-0.05, 0) is 25.1 Å². The Morgan fingerprint density at radius 2 is 1.94 bits per heavy atom. The smallest absolute Gasteiger partial charge is 0.345 e. The highest BCUT2D eigenvalue weighted by molar-refractivity contribution is 5.68. The van der Waals surface area contributed by atoms with Crippen LogP contribution in [0.3, 0.4) is 0 Å². The van der Waals surface area contributed by atoms with Crippen molar-refractivity contribution >= 4 is 0 Å². The summed E-state index contributed by atoms with van der Waals surface area (Å²) in [6, 6.07) is 7.17. The molecule has 94 valence electrons. The number of hydrogen-bond acceptors (Lipinski definition) is 4. The van der Waals surface area contributed by atoms with Crippen molar-refractivity contribution in [3.63, 3.8) is 0 Å². The molecule has 1 N–H and O–H groups in total. The molecule has 0 saturated carbocycles. The lowest BCUT2D eigenvalue weighted by Crippen LogP contribution is -2.12. The first-order valence-corrected chi connectivity index (χ1v) is 5.44. The minimum Gasteiger partial charge on any atom is -0.497 e. The minimum absolute atomic E-state index is 0.372. The highest BCUT2D eigenvalue weighted by Crippen LogP contribution is 2.31. The highest BCUT2D eigenvalue weighted by Gasteiger charge is 2.09. The van der Waals surface area contributed by atoms with E-state index in [1.54, 1.807) is 32.4 Å². The zero-order chi connectivity index (χ0) is 13.1. The summed E-state index contributed by atoms with van der Waals surface area (Å²) in [4.78, 5) is 17.9. The Morgan fingerprint density at radius 3 is 2.56 bits per heavy atom. The molecule has 5 nitrogen and oxygen atoms in total. The fourth-order valence-electron chi connectivity index (χ4n) is 1.73. The molecule has 1 heterocycles. The standard InChI is InChI=1S/C13H14N2O3/c1-8-6-11(15-13(16)14-8)10-5-4-9(17-2)7-12(10)18-3/h4-7H,1-3H3,(H,14,15,16). The van der Waals surface area contributed by atoms with Crippen molar-refractivity contribution in [3.05, 3.63) is 40.4 Å². The van der Waals surface area contributed by atoms with Crippen LogP contribution in [0, 0.1) is 6.92 Å². The number of aromatic amines is 1. The Morgan fingerprint density at radius 1 is 1.17 bits per heavy atom. The lowest BCUT2D eigenvalue weighted by molar-refractivity contribution is 0.395. The Bertz CT molecular complexity index is 620. The number of ether oxygens (including phenoxy) is 2.